The number of hydrogen-bond acceptors (Lipinski definition) is 4. The molecule has 0 aliphatic heterocycles. The Morgan fingerprint density at radius 3 is 2.52 bits per heavy atom. The molecule has 5 heteroatoms. The van der Waals surface area contributed by atoms with Crippen molar-refractivity contribution in [2.24, 2.45) is 0 Å². The molecule has 0 unspecified atom stereocenters. The minimum Gasteiger partial charge on any atom is -0.449 e. The van der Waals surface area contributed by atoms with Gasteiger partial charge in [0, 0.05) is 16.8 Å². The Balaban J connectivity index is 1.59. The molecule has 1 heterocycles. The SMILES string of the molecule is Cc1cccc(C)c1NC(=O)[C@@H](C)OC(=O)c1c2c(nc3ccccc13)CCC2. The van der Waals surface area contributed by atoms with E-state index in [2.05, 4.69) is 5.32 Å². The highest BCUT2D eigenvalue weighted by molar-refractivity contribution is 6.06. The quantitative estimate of drug-likeness (QED) is 0.667. The zero-order chi connectivity index (χ0) is 20.5. The number of benzene rings is 2. The van der Waals surface area contributed by atoms with Gasteiger partial charge in [-0.2, -0.15) is 0 Å². The number of hydrogen-bond donors (Lipinski definition) is 1. The molecule has 0 bridgehead atoms. The van der Waals surface area contributed by atoms with E-state index in [-0.39, 0.29) is 5.91 Å². The summed E-state index contributed by atoms with van der Waals surface area (Å²) in [4.78, 5) is 30.5. The minimum atomic E-state index is -0.912. The molecule has 1 N–H and O–H groups in total. The van der Waals surface area contributed by atoms with Crippen LogP contribution in [0, 0.1) is 13.8 Å². The average Bonchev–Trinajstić information content (AvgIpc) is 3.16. The van der Waals surface area contributed by atoms with Crippen molar-refractivity contribution >= 4 is 28.5 Å². The summed E-state index contributed by atoms with van der Waals surface area (Å²) in [5.74, 6) is -0.809. The summed E-state index contributed by atoms with van der Waals surface area (Å²) in [5.41, 5.74) is 5.95. The van der Waals surface area contributed by atoms with Crippen LogP contribution < -0.4 is 5.32 Å². The van der Waals surface area contributed by atoms with Gasteiger partial charge < -0.3 is 10.1 Å². The lowest BCUT2D eigenvalue weighted by atomic mass is 10.0. The number of aromatic nitrogens is 1. The molecule has 1 aliphatic carbocycles. The Kier molecular flexibility index (Phi) is 5.05. The molecule has 0 saturated carbocycles. The monoisotopic (exact) mass is 388 g/mol. The van der Waals surface area contributed by atoms with Crippen molar-refractivity contribution < 1.29 is 14.3 Å². The number of aryl methyl sites for hydroxylation is 3. The Hall–Kier alpha value is -3.21. The number of esters is 1. The average molecular weight is 388 g/mol. The first-order valence-corrected chi connectivity index (χ1v) is 9.94. The summed E-state index contributed by atoms with van der Waals surface area (Å²) in [5, 5.41) is 3.67. The van der Waals surface area contributed by atoms with Crippen LogP contribution in [0.15, 0.2) is 42.5 Å². The highest BCUT2D eigenvalue weighted by Gasteiger charge is 2.27. The van der Waals surface area contributed by atoms with Gasteiger partial charge in [0.1, 0.15) is 0 Å². The first kappa shape index (κ1) is 19.1. The second-order valence-electron chi connectivity index (χ2n) is 7.59. The van der Waals surface area contributed by atoms with Crippen LogP contribution in [-0.4, -0.2) is 23.0 Å². The van der Waals surface area contributed by atoms with Crippen molar-refractivity contribution in [1.29, 1.82) is 0 Å². The maximum atomic E-state index is 13.1. The van der Waals surface area contributed by atoms with Gasteiger partial charge in [-0.1, -0.05) is 36.4 Å². The lowest BCUT2D eigenvalue weighted by Gasteiger charge is -2.18. The van der Waals surface area contributed by atoms with Gasteiger partial charge in [-0.25, -0.2) is 4.79 Å². The van der Waals surface area contributed by atoms with Crippen LogP contribution in [0.4, 0.5) is 5.69 Å². The molecule has 5 nitrogen and oxygen atoms in total. The van der Waals surface area contributed by atoms with E-state index in [1.807, 2.05) is 56.3 Å². The van der Waals surface area contributed by atoms with E-state index in [0.29, 0.717) is 5.56 Å². The highest BCUT2D eigenvalue weighted by Crippen LogP contribution is 2.30. The summed E-state index contributed by atoms with van der Waals surface area (Å²) < 4.78 is 5.60. The van der Waals surface area contributed by atoms with Crippen LogP contribution in [0.25, 0.3) is 10.9 Å². The number of nitrogens with zero attached hydrogens (tertiary/aromatic N) is 1. The van der Waals surface area contributed by atoms with Gasteiger partial charge in [-0.05, 0) is 62.8 Å². The number of rotatable bonds is 4. The zero-order valence-electron chi connectivity index (χ0n) is 16.9. The first-order valence-electron chi connectivity index (χ1n) is 9.94. The number of carbonyl (C=O) groups excluding carboxylic acids is 2. The maximum Gasteiger partial charge on any atom is 0.339 e. The van der Waals surface area contributed by atoms with Gasteiger partial charge in [-0.15, -0.1) is 0 Å². The number of nitrogens with one attached hydrogen (secondary N) is 1. The maximum absolute atomic E-state index is 13.1. The third-order valence-electron chi connectivity index (χ3n) is 5.51. The van der Waals surface area contributed by atoms with Crippen LogP contribution in [0.3, 0.4) is 0 Å². The van der Waals surface area contributed by atoms with E-state index < -0.39 is 12.1 Å². The third-order valence-corrected chi connectivity index (χ3v) is 5.51. The molecule has 148 valence electrons. The molecule has 0 spiro atoms. The Bertz CT molecular complexity index is 1100. The van der Waals surface area contributed by atoms with Gasteiger partial charge in [-0.3, -0.25) is 9.78 Å². The fourth-order valence-corrected chi connectivity index (χ4v) is 3.95. The predicted octanol–water partition coefficient (Wildman–Crippen LogP) is 4.52. The normalized spacial score (nSPS) is 13.8. The van der Waals surface area contributed by atoms with Gasteiger partial charge in [0.05, 0.1) is 11.1 Å². The van der Waals surface area contributed by atoms with Crippen molar-refractivity contribution in [3.8, 4) is 0 Å². The molecular weight excluding hydrogens is 364 g/mol. The van der Waals surface area contributed by atoms with Crippen LogP contribution in [0.5, 0.6) is 0 Å². The molecule has 1 atom stereocenters. The molecule has 0 radical (unpaired) electrons. The second kappa shape index (κ2) is 7.66. The van der Waals surface area contributed by atoms with E-state index in [0.717, 1.165) is 58.2 Å². The third kappa shape index (κ3) is 3.60. The lowest BCUT2D eigenvalue weighted by Crippen LogP contribution is -2.31. The second-order valence-corrected chi connectivity index (χ2v) is 7.59. The van der Waals surface area contributed by atoms with Gasteiger partial charge >= 0.3 is 5.97 Å². The van der Waals surface area contributed by atoms with Crippen LogP contribution in [0.1, 0.15) is 46.1 Å². The van der Waals surface area contributed by atoms with E-state index in [1.165, 1.54) is 0 Å². The molecule has 1 aromatic heterocycles. The molecule has 4 rings (SSSR count). The lowest BCUT2D eigenvalue weighted by molar-refractivity contribution is -0.123. The first-order chi connectivity index (χ1) is 14.0. The van der Waals surface area contributed by atoms with Gasteiger partial charge in [0.15, 0.2) is 6.10 Å². The minimum absolute atomic E-state index is 0.342. The van der Waals surface area contributed by atoms with Crippen molar-refractivity contribution in [1.82, 2.24) is 4.98 Å². The standard InChI is InChI=1S/C24H24N2O3/c1-14-8-6-9-15(2)22(14)26-23(27)16(3)29-24(28)21-17-10-4-5-12-19(17)25-20-13-7-11-18(20)21/h4-6,8-10,12,16H,7,11,13H2,1-3H3,(H,26,27)/t16-/m1/s1. The smallest absolute Gasteiger partial charge is 0.339 e. The van der Waals surface area contributed by atoms with Gasteiger partial charge in [0.2, 0.25) is 0 Å². The summed E-state index contributed by atoms with van der Waals surface area (Å²) in [6.07, 6.45) is 1.73. The summed E-state index contributed by atoms with van der Waals surface area (Å²) in [6.45, 7) is 5.47. The predicted molar refractivity (Wildman–Crippen MR) is 113 cm³/mol. The van der Waals surface area contributed by atoms with E-state index >= 15 is 0 Å². The van der Waals surface area contributed by atoms with Gasteiger partial charge in [0.25, 0.3) is 5.91 Å². The summed E-state index contributed by atoms with van der Waals surface area (Å²) in [6, 6.07) is 13.4. The molecule has 0 saturated heterocycles. The molecule has 1 amide bonds. The Morgan fingerprint density at radius 1 is 1.03 bits per heavy atom. The van der Waals surface area contributed by atoms with E-state index in [4.69, 9.17) is 9.72 Å². The Morgan fingerprint density at radius 2 is 1.76 bits per heavy atom. The van der Waals surface area contributed by atoms with Crippen molar-refractivity contribution in [2.45, 2.75) is 46.1 Å². The number of fused-ring (bicyclic) bond motifs is 2. The molecule has 0 fully saturated rings. The molecule has 2 aromatic carbocycles. The van der Waals surface area contributed by atoms with Crippen molar-refractivity contribution in [3.63, 3.8) is 0 Å². The summed E-state index contributed by atoms with van der Waals surface area (Å²) >= 11 is 0. The van der Waals surface area contributed by atoms with E-state index in [9.17, 15) is 9.59 Å². The van der Waals surface area contributed by atoms with Crippen LogP contribution in [0.2, 0.25) is 0 Å². The number of carbonyl (C=O) groups is 2. The number of amides is 1. The summed E-state index contributed by atoms with van der Waals surface area (Å²) in [7, 11) is 0. The number of ether oxygens (including phenoxy) is 1. The van der Waals surface area contributed by atoms with E-state index in [1.54, 1.807) is 6.92 Å². The topological polar surface area (TPSA) is 68.3 Å². The number of para-hydroxylation sites is 2. The highest BCUT2D eigenvalue weighted by atomic mass is 16.5. The fraction of sp³-hybridized carbons (Fsp3) is 0.292. The molecule has 1 aliphatic rings. The van der Waals surface area contributed by atoms with Crippen LogP contribution in [-0.2, 0) is 22.4 Å². The zero-order valence-corrected chi connectivity index (χ0v) is 16.9. The van der Waals surface area contributed by atoms with Crippen molar-refractivity contribution in [2.75, 3.05) is 5.32 Å². The number of pyridine rings is 1. The molecule has 29 heavy (non-hydrogen) atoms. The Labute approximate surface area is 170 Å². The van der Waals surface area contributed by atoms with Crippen LogP contribution >= 0.6 is 0 Å². The molecular formula is C24H24N2O3. The number of anilines is 1. The van der Waals surface area contributed by atoms with Crippen molar-refractivity contribution in [3.05, 3.63) is 70.4 Å². The largest absolute Gasteiger partial charge is 0.449 e. The molecule has 3 aromatic rings. The fourth-order valence-electron chi connectivity index (χ4n) is 3.95.